The minimum atomic E-state index is -4.44. The number of hydrogen-bond donors (Lipinski definition) is 2. The van der Waals surface area contributed by atoms with Gasteiger partial charge in [-0.15, -0.1) is 0 Å². The monoisotopic (exact) mass is 393 g/mol. The maximum atomic E-state index is 12.8. The first-order valence-corrected chi connectivity index (χ1v) is 7.90. The lowest BCUT2D eigenvalue weighted by molar-refractivity contribution is -0.137. The molecule has 0 aliphatic rings. The number of aromatic carboxylic acids is 1. The Balaban J connectivity index is 1.73. The first-order valence-electron chi connectivity index (χ1n) is 7.90. The average Bonchev–Trinajstić information content (AvgIpc) is 3.21. The zero-order valence-electron chi connectivity index (χ0n) is 14.4. The second-order valence-corrected chi connectivity index (χ2v) is 5.95. The summed E-state index contributed by atoms with van der Waals surface area (Å²) in [5, 5.41) is 19.3. The highest BCUT2D eigenvalue weighted by Gasteiger charge is 2.30. The third-order valence-electron chi connectivity index (χ3n) is 3.77. The standard InChI is InChI=1S/C17H14F3N5O3/c1-24-9-13(14(23-24)16(27)28)15(26)22-12-6-21-25(8-12)7-10-3-2-4-11(5-10)17(18,19)20/h2-6,8-9H,7H2,1H3,(H,22,26)(H,27,28). The SMILES string of the molecule is Cn1cc(C(=O)Nc2cnn(Cc3cccc(C(F)(F)F)c3)c2)c(C(=O)O)n1. The van der Waals surface area contributed by atoms with E-state index < -0.39 is 29.3 Å². The van der Waals surface area contributed by atoms with E-state index in [4.69, 9.17) is 5.11 Å². The van der Waals surface area contributed by atoms with Crippen LogP contribution in [0.25, 0.3) is 0 Å². The van der Waals surface area contributed by atoms with Gasteiger partial charge in [-0.2, -0.15) is 23.4 Å². The van der Waals surface area contributed by atoms with Crippen LogP contribution in [0.1, 0.15) is 32.0 Å². The summed E-state index contributed by atoms with van der Waals surface area (Å²) in [6.07, 6.45) is -0.437. The summed E-state index contributed by atoms with van der Waals surface area (Å²) < 4.78 is 40.9. The van der Waals surface area contributed by atoms with Crippen LogP contribution in [-0.2, 0) is 19.8 Å². The minimum absolute atomic E-state index is 0.0626. The summed E-state index contributed by atoms with van der Waals surface area (Å²) in [7, 11) is 1.48. The van der Waals surface area contributed by atoms with Crippen LogP contribution in [0.2, 0.25) is 0 Å². The van der Waals surface area contributed by atoms with Crippen molar-refractivity contribution in [1.29, 1.82) is 0 Å². The zero-order chi connectivity index (χ0) is 20.5. The Bertz CT molecular complexity index is 1040. The molecule has 0 spiro atoms. The van der Waals surface area contributed by atoms with E-state index in [1.807, 2.05) is 0 Å². The molecule has 0 atom stereocenters. The Hall–Kier alpha value is -3.63. The summed E-state index contributed by atoms with van der Waals surface area (Å²) in [5.74, 6) is -2.03. The molecule has 0 saturated carbocycles. The fraction of sp³-hybridized carbons (Fsp3) is 0.176. The summed E-state index contributed by atoms with van der Waals surface area (Å²) in [6, 6.07) is 4.84. The van der Waals surface area contributed by atoms with Gasteiger partial charge in [0.2, 0.25) is 0 Å². The molecule has 2 aromatic heterocycles. The number of benzene rings is 1. The number of aromatic nitrogens is 4. The molecule has 3 aromatic rings. The molecule has 0 unspecified atom stereocenters. The molecule has 11 heteroatoms. The van der Waals surface area contributed by atoms with Gasteiger partial charge < -0.3 is 10.4 Å². The molecular formula is C17H14F3N5O3. The number of hydrogen-bond acceptors (Lipinski definition) is 4. The molecular weight excluding hydrogens is 379 g/mol. The Kier molecular flexibility index (Phi) is 4.91. The minimum Gasteiger partial charge on any atom is -0.476 e. The summed E-state index contributed by atoms with van der Waals surface area (Å²) in [4.78, 5) is 23.4. The molecule has 1 amide bonds. The van der Waals surface area contributed by atoms with E-state index in [1.54, 1.807) is 0 Å². The quantitative estimate of drug-likeness (QED) is 0.694. The van der Waals surface area contributed by atoms with Crippen molar-refractivity contribution in [3.63, 3.8) is 0 Å². The van der Waals surface area contributed by atoms with Crippen LogP contribution in [0.4, 0.5) is 18.9 Å². The molecule has 3 rings (SSSR count). The number of aryl methyl sites for hydroxylation is 1. The molecule has 0 saturated heterocycles. The van der Waals surface area contributed by atoms with Crippen molar-refractivity contribution in [3.05, 3.63) is 65.2 Å². The molecule has 0 radical (unpaired) electrons. The fourth-order valence-electron chi connectivity index (χ4n) is 2.56. The molecule has 2 heterocycles. The van der Waals surface area contributed by atoms with Crippen LogP contribution in [-0.4, -0.2) is 36.5 Å². The van der Waals surface area contributed by atoms with Crippen molar-refractivity contribution >= 4 is 17.6 Å². The number of carboxylic acids is 1. The molecule has 146 valence electrons. The van der Waals surface area contributed by atoms with E-state index >= 15 is 0 Å². The van der Waals surface area contributed by atoms with Gasteiger partial charge in [-0.05, 0) is 17.7 Å². The fourth-order valence-corrected chi connectivity index (χ4v) is 2.56. The van der Waals surface area contributed by atoms with E-state index in [1.165, 1.54) is 47.1 Å². The Morgan fingerprint density at radius 2 is 2.00 bits per heavy atom. The summed E-state index contributed by atoms with van der Waals surface area (Å²) >= 11 is 0. The second kappa shape index (κ2) is 7.18. The normalized spacial score (nSPS) is 11.4. The van der Waals surface area contributed by atoms with Crippen LogP contribution in [0.3, 0.4) is 0 Å². The topological polar surface area (TPSA) is 102 Å². The van der Waals surface area contributed by atoms with Crippen LogP contribution in [0.15, 0.2) is 42.9 Å². The molecule has 2 N–H and O–H groups in total. The number of alkyl halides is 3. The molecule has 0 aliphatic heterocycles. The number of amides is 1. The van der Waals surface area contributed by atoms with Crippen molar-refractivity contribution in [1.82, 2.24) is 19.6 Å². The van der Waals surface area contributed by atoms with Gasteiger partial charge in [-0.25, -0.2) is 4.79 Å². The van der Waals surface area contributed by atoms with E-state index in [0.717, 1.165) is 12.1 Å². The maximum absolute atomic E-state index is 12.8. The van der Waals surface area contributed by atoms with Crippen molar-refractivity contribution < 1.29 is 27.9 Å². The van der Waals surface area contributed by atoms with Crippen molar-refractivity contribution in [3.8, 4) is 0 Å². The Labute approximate surface area is 156 Å². The molecule has 28 heavy (non-hydrogen) atoms. The Morgan fingerprint density at radius 1 is 1.25 bits per heavy atom. The largest absolute Gasteiger partial charge is 0.476 e. The van der Waals surface area contributed by atoms with E-state index in [0.29, 0.717) is 5.56 Å². The highest BCUT2D eigenvalue weighted by Crippen LogP contribution is 2.29. The number of rotatable bonds is 5. The van der Waals surface area contributed by atoms with Crippen LogP contribution < -0.4 is 5.32 Å². The molecule has 1 aromatic carbocycles. The van der Waals surface area contributed by atoms with Gasteiger partial charge in [0, 0.05) is 19.4 Å². The lowest BCUT2D eigenvalue weighted by atomic mass is 10.1. The number of nitrogens with zero attached hydrogens (tertiary/aromatic N) is 4. The molecule has 0 bridgehead atoms. The van der Waals surface area contributed by atoms with Crippen molar-refractivity contribution in [2.45, 2.75) is 12.7 Å². The first kappa shape index (κ1) is 19.1. The predicted molar refractivity (Wildman–Crippen MR) is 90.9 cm³/mol. The second-order valence-electron chi connectivity index (χ2n) is 5.95. The average molecular weight is 393 g/mol. The number of carboxylic acid groups (broad SMARTS) is 1. The first-order chi connectivity index (χ1) is 13.1. The zero-order valence-corrected chi connectivity index (χ0v) is 14.4. The van der Waals surface area contributed by atoms with Gasteiger partial charge in [0.05, 0.1) is 29.6 Å². The van der Waals surface area contributed by atoms with Gasteiger partial charge in [0.1, 0.15) is 0 Å². The van der Waals surface area contributed by atoms with Gasteiger partial charge in [-0.1, -0.05) is 12.1 Å². The van der Waals surface area contributed by atoms with Crippen LogP contribution >= 0.6 is 0 Å². The van der Waals surface area contributed by atoms with Gasteiger partial charge >= 0.3 is 12.1 Å². The molecule has 0 fully saturated rings. The third-order valence-corrected chi connectivity index (χ3v) is 3.77. The summed E-state index contributed by atoms with van der Waals surface area (Å²) in [5.41, 5.74) is -0.631. The van der Waals surface area contributed by atoms with Gasteiger partial charge in [0.15, 0.2) is 5.69 Å². The van der Waals surface area contributed by atoms with Crippen molar-refractivity contribution in [2.24, 2.45) is 7.05 Å². The molecule has 8 nitrogen and oxygen atoms in total. The number of carbonyl (C=O) groups excluding carboxylic acids is 1. The highest BCUT2D eigenvalue weighted by molar-refractivity contribution is 6.09. The predicted octanol–water partition coefficient (Wildman–Crippen LogP) is 2.63. The highest BCUT2D eigenvalue weighted by atomic mass is 19.4. The van der Waals surface area contributed by atoms with Crippen LogP contribution in [0.5, 0.6) is 0 Å². The molecule has 0 aliphatic carbocycles. The van der Waals surface area contributed by atoms with E-state index in [9.17, 15) is 22.8 Å². The number of carbonyl (C=O) groups is 2. The smallest absolute Gasteiger partial charge is 0.416 e. The van der Waals surface area contributed by atoms with E-state index in [2.05, 4.69) is 15.5 Å². The third kappa shape index (κ3) is 4.19. The number of anilines is 1. The lowest BCUT2D eigenvalue weighted by Crippen LogP contribution is -2.15. The van der Waals surface area contributed by atoms with Crippen LogP contribution in [0, 0.1) is 0 Å². The maximum Gasteiger partial charge on any atom is 0.416 e. The Morgan fingerprint density at radius 3 is 2.68 bits per heavy atom. The number of halogens is 3. The van der Waals surface area contributed by atoms with Gasteiger partial charge in [-0.3, -0.25) is 14.2 Å². The van der Waals surface area contributed by atoms with E-state index in [-0.39, 0.29) is 17.8 Å². The van der Waals surface area contributed by atoms with Gasteiger partial charge in [0.25, 0.3) is 5.91 Å². The lowest BCUT2D eigenvalue weighted by Gasteiger charge is -2.08. The summed E-state index contributed by atoms with van der Waals surface area (Å²) in [6.45, 7) is 0.0626. The number of nitrogens with one attached hydrogen (secondary N) is 1. The van der Waals surface area contributed by atoms with Crippen molar-refractivity contribution in [2.75, 3.05) is 5.32 Å².